The van der Waals surface area contributed by atoms with E-state index < -0.39 is 0 Å². The van der Waals surface area contributed by atoms with Gasteiger partial charge in [-0.3, -0.25) is 9.59 Å². The number of hydrogen-bond donors (Lipinski definition) is 1. The van der Waals surface area contributed by atoms with Crippen LogP contribution in [0.1, 0.15) is 50.5 Å². The fraction of sp³-hybridized carbons (Fsp3) is 0.556. The Labute approximate surface area is 201 Å². The smallest absolute Gasteiger partial charge is 0.231 e. The molecule has 1 aromatic carbocycles. The Bertz CT molecular complexity index is 960. The Hall–Kier alpha value is -2.96. The van der Waals surface area contributed by atoms with Crippen molar-refractivity contribution in [2.45, 2.75) is 51.4 Å². The van der Waals surface area contributed by atoms with Crippen molar-refractivity contribution in [3.8, 4) is 0 Å². The lowest BCUT2D eigenvalue weighted by Crippen LogP contribution is -2.52. The largest absolute Gasteiger partial charge is 0.353 e. The van der Waals surface area contributed by atoms with E-state index in [4.69, 9.17) is 0 Å². The second-order valence-electron chi connectivity index (χ2n) is 10.3. The van der Waals surface area contributed by atoms with E-state index in [1.165, 1.54) is 31.2 Å². The summed E-state index contributed by atoms with van der Waals surface area (Å²) in [5.74, 6) is 2.48. The maximum absolute atomic E-state index is 12.6. The summed E-state index contributed by atoms with van der Waals surface area (Å²) < 4.78 is 0. The molecule has 0 radical (unpaired) electrons. The highest BCUT2D eigenvalue weighted by molar-refractivity contribution is 5.94. The fourth-order valence-electron chi connectivity index (χ4n) is 5.57. The van der Waals surface area contributed by atoms with E-state index in [1.54, 1.807) is 6.20 Å². The normalized spacial score (nSPS) is 19.8. The molecule has 0 unspecified atom stereocenters. The second-order valence-corrected chi connectivity index (χ2v) is 10.3. The first-order valence-electron chi connectivity index (χ1n) is 12.8. The molecule has 1 N–H and O–H groups in total. The lowest BCUT2D eigenvalue weighted by Gasteiger charge is -2.38. The molecule has 1 aliphatic carbocycles. The van der Waals surface area contributed by atoms with Crippen LogP contribution in [0.2, 0.25) is 0 Å². The Balaban J connectivity index is 1.03. The van der Waals surface area contributed by atoms with E-state index in [-0.39, 0.29) is 11.8 Å². The summed E-state index contributed by atoms with van der Waals surface area (Å²) in [5.41, 5.74) is 2.14. The molecule has 0 bridgehead atoms. The number of hydrogen-bond acceptors (Lipinski definition) is 5. The summed E-state index contributed by atoms with van der Waals surface area (Å²) in [5, 5.41) is 11.0. The van der Waals surface area contributed by atoms with Gasteiger partial charge in [0.2, 0.25) is 11.8 Å². The molecule has 2 amide bonds. The number of aromatic nitrogens is 2. The molecule has 7 nitrogen and oxygen atoms in total. The van der Waals surface area contributed by atoms with Crippen molar-refractivity contribution in [1.29, 1.82) is 0 Å². The van der Waals surface area contributed by atoms with Crippen molar-refractivity contribution in [2.75, 3.05) is 36.4 Å². The maximum atomic E-state index is 12.6. The van der Waals surface area contributed by atoms with Crippen LogP contribution in [0.5, 0.6) is 0 Å². The number of benzene rings is 1. The first-order valence-corrected chi connectivity index (χ1v) is 12.8. The maximum Gasteiger partial charge on any atom is 0.231 e. The van der Waals surface area contributed by atoms with Gasteiger partial charge in [-0.15, -0.1) is 5.10 Å². The predicted octanol–water partition coefficient (Wildman–Crippen LogP) is 3.91. The van der Waals surface area contributed by atoms with Crippen molar-refractivity contribution in [2.24, 2.45) is 17.8 Å². The second kappa shape index (κ2) is 10.5. The molecule has 3 aliphatic rings. The number of rotatable bonds is 7. The summed E-state index contributed by atoms with van der Waals surface area (Å²) in [6, 6.07) is 12.0. The standard InChI is InChI=1S/C27H35N5O2/c33-26(17-20-4-1-2-5-20)31-14-11-22(12-15-31)16-21-7-9-24(10-8-21)29-27(34)23-18-32(19-23)25-6-3-13-28-30-25/h3,6-10,13,20,22-23H,1-2,4-5,11-12,14-19H2,(H,29,34). The first kappa shape index (κ1) is 22.8. The average molecular weight is 462 g/mol. The quantitative estimate of drug-likeness (QED) is 0.676. The van der Waals surface area contributed by atoms with E-state index >= 15 is 0 Å². The van der Waals surface area contributed by atoms with Crippen LogP contribution in [0.15, 0.2) is 42.6 Å². The molecule has 3 fully saturated rings. The highest BCUT2D eigenvalue weighted by Crippen LogP contribution is 2.29. The van der Waals surface area contributed by atoms with Gasteiger partial charge < -0.3 is 15.1 Å². The number of anilines is 2. The molecule has 34 heavy (non-hydrogen) atoms. The summed E-state index contributed by atoms with van der Waals surface area (Å²) in [6.07, 6.45) is 10.7. The van der Waals surface area contributed by atoms with Gasteiger partial charge in [-0.05, 0) is 73.8 Å². The van der Waals surface area contributed by atoms with Gasteiger partial charge in [-0.25, -0.2) is 0 Å². The number of carbonyl (C=O) groups is 2. The van der Waals surface area contributed by atoms with Gasteiger partial charge in [0.25, 0.3) is 0 Å². The van der Waals surface area contributed by atoms with Crippen LogP contribution in [0.4, 0.5) is 11.5 Å². The lowest BCUT2D eigenvalue weighted by atomic mass is 9.89. The molecule has 1 saturated carbocycles. The zero-order valence-electron chi connectivity index (χ0n) is 19.9. The average Bonchev–Trinajstić information content (AvgIpc) is 3.34. The van der Waals surface area contributed by atoms with Crippen molar-refractivity contribution >= 4 is 23.3 Å². The third-order valence-electron chi connectivity index (χ3n) is 7.79. The van der Waals surface area contributed by atoms with Gasteiger partial charge in [0.15, 0.2) is 5.82 Å². The fourth-order valence-corrected chi connectivity index (χ4v) is 5.57. The van der Waals surface area contributed by atoms with Gasteiger partial charge in [0, 0.05) is 44.5 Å². The van der Waals surface area contributed by atoms with Crippen molar-refractivity contribution in [1.82, 2.24) is 15.1 Å². The third-order valence-corrected chi connectivity index (χ3v) is 7.79. The molecule has 0 atom stereocenters. The van der Waals surface area contributed by atoms with Gasteiger partial charge in [-0.2, -0.15) is 5.10 Å². The van der Waals surface area contributed by atoms with Crippen LogP contribution in [-0.4, -0.2) is 53.1 Å². The lowest BCUT2D eigenvalue weighted by molar-refractivity contribution is -0.133. The predicted molar refractivity (Wildman–Crippen MR) is 132 cm³/mol. The molecule has 2 saturated heterocycles. The minimum atomic E-state index is -0.0248. The van der Waals surface area contributed by atoms with Crippen molar-refractivity contribution < 1.29 is 9.59 Å². The highest BCUT2D eigenvalue weighted by atomic mass is 16.2. The summed E-state index contributed by atoms with van der Waals surface area (Å²) in [7, 11) is 0. The van der Waals surface area contributed by atoms with E-state index in [9.17, 15) is 9.59 Å². The van der Waals surface area contributed by atoms with Crippen LogP contribution in [0.25, 0.3) is 0 Å². The van der Waals surface area contributed by atoms with Gasteiger partial charge in [0.05, 0.1) is 5.92 Å². The number of nitrogens with zero attached hydrogens (tertiary/aromatic N) is 4. The van der Waals surface area contributed by atoms with Gasteiger partial charge >= 0.3 is 0 Å². The van der Waals surface area contributed by atoms with E-state index in [2.05, 4.69) is 37.4 Å². The Morgan fingerprint density at radius 1 is 0.941 bits per heavy atom. The minimum Gasteiger partial charge on any atom is -0.353 e. The summed E-state index contributed by atoms with van der Waals surface area (Å²) in [4.78, 5) is 29.3. The van der Waals surface area contributed by atoms with Crippen LogP contribution in [0, 0.1) is 17.8 Å². The topological polar surface area (TPSA) is 78.4 Å². The van der Waals surface area contributed by atoms with E-state index in [0.717, 1.165) is 50.3 Å². The molecule has 2 aliphatic heterocycles. The molecule has 5 rings (SSSR count). The Morgan fingerprint density at radius 3 is 2.35 bits per heavy atom. The van der Waals surface area contributed by atoms with Crippen LogP contribution < -0.4 is 10.2 Å². The Morgan fingerprint density at radius 2 is 1.68 bits per heavy atom. The van der Waals surface area contributed by atoms with E-state index in [1.807, 2.05) is 24.3 Å². The van der Waals surface area contributed by atoms with Crippen molar-refractivity contribution in [3.63, 3.8) is 0 Å². The number of nitrogens with one attached hydrogen (secondary N) is 1. The molecule has 2 aromatic rings. The van der Waals surface area contributed by atoms with Gasteiger partial charge in [0.1, 0.15) is 0 Å². The molecular weight excluding hydrogens is 426 g/mol. The summed E-state index contributed by atoms with van der Waals surface area (Å²) >= 11 is 0. The zero-order chi connectivity index (χ0) is 23.3. The SMILES string of the molecule is O=C(Nc1ccc(CC2CCN(C(=O)CC3CCCC3)CC2)cc1)C1CN(c2cccnn2)C1. The van der Waals surface area contributed by atoms with Crippen LogP contribution in [-0.2, 0) is 16.0 Å². The van der Waals surface area contributed by atoms with Crippen LogP contribution >= 0.6 is 0 Å². The summed E-state index contributed by atoms with van der Waals surface area (Å²) in [6.45, 7) is 3.14. The number of likely N-dealkylation sites (tertiary alicyclic amines) is 1. The molecule has 180 valence electrons. The van der Waals surface area contributed by atoms with Crippen molar-refractivity contribution in [3.05, 3.63) is 48.2 Å². The molecular formula is C27H35N5O2. The first-order chi connectivity index (χ1) is 16.6. The molecule has 0 spiro atoms. The number of carbonyl (C=O) groups excluding carboxylic acids is 2. The third kappa shape index (κ3) is 5.57. The molecule has 7 heteroatoms. The minimum absolute atomic E-state index is 0.0248. The molecule has 3 heterocycles. The van der Waals surface area contributed by atoms with Gasteiger partial charge in [-0.1, -0.05) is 25.0 Å². The zero-order valence-corrected chi connectivity index (χ0v) is 19.9. The number of piperidine rings is 1. The Kier molecular flexibility index (Phi) is 7.07. The molecule has 1 aromatic heterocycles. The monoisotopic (exact) mass is 461 g/mol. The van der Waals surface area contributed by atoms with Crippen LogP contribution in [0.3, 0.4) is 0 Å². The highest BCUT2D eigenvalue weighted by Gasteiger charge is 2.33. The van der Waals surface area contributed by atoms with E-state index in [0.29, 0.717) is 30.8 Å². The number of amides is 2.